The van der Waals surface area contributed by atoms with Gasteiger partial charge in [0.25, 0.3) is 0 Å². The van der Waals surface area contributed by atoms with Gasteiger partial charge in [0.2, 0.25) is 11.8 Å². The number of likely N-dealkylation sites (tertiary alicyclic amines) is 1. The number of nitrogens with one attached hydrogen (secondary N) is 2. The second-order valence-corrected chi connectivity index (χ2v) is 16.0. The number of carbonyl (C=O) groups excluding carboxylic acids is 4. The van der Waals surface area contributed by atoms with Crippen molar-refractivity contribution in [2.24, 2.45) is 17.8 Å². The molecule has 2 unspecified atom stereocenters. The van der Waals surface area contributed by atoms with Crippen LogP contribution in [0.15, 0.2) is 66.0 Å². The Morgan fingerprint density at radius 1 is 1.00 bits per heavy atom. The van der Waals surface area contributed by atoms with Gasteiger partial charge in [-0.1, -0.05) is 108 Å². The van der Waals surface area contributed by atoms with Gasteiger partial charge in [0.1, 0.15) is 22.8 Å². The number of aliphatic hydroxyl groups excluding tert-OH is 1. The van der Waals surface area contributed by atoms with Gasteiger partial charge in [0.15, 0.2) is 0 Å². The van der Waals surface area contributed by atoms with E-state index in [1.54, 1.807) is 11.8 Å². The molecule has 2 heterocycles. The summed E-state index contributed by atoms with van der Waals surface area (Å²) in [7, 11) is 1.96. The lowest BCUT2D eigenvalue weighted by Gasteiger charge is -2.40. The smallest absolute Gasteiger partial charge is 0.335 e. The van der Waals surface area contributed by atoms with Crippen LogP contribution in [0.3, 0.4) is 0 Å². The van der Waals surface area contributed by atoms with E-state index in [9.17, 15) is 24.3 Å². The lowest BCUT2D eigenvalue weighted by Crippen LogP contribution is -2.58. The van der Waals surface area contributed by atoms with Gasteiger partial charge >= 0.3 is 11.9 Å². The molecule has 1 fully saturated rings. The summed E-state index contributed by atoms with van der Waals surface area (Å²) in [6, 6.07) is 18.3. The lowest BCUT2D eigenvalue weighted by atomic mass is 9.91. The molecule has 2 aromatic carbocycles. The molecule has 294 valence electrons. The zero-order chi connectivity index (χ0) is 39.2. The zero-order valence-electron chi connectivity index (χ0n) is 32.7. The van der Waals surface area contributed by atoms with Crippen LogP contribution in [0, 0.1) is 17.8 Å². The molecule has 6 atom stereocenters. The summed E-state index contributed by atoms with van der Waals surface area (Å²) in [5.41, 5.74) is 4.36. The normalized spacial score (nSPS) is 17.5. The summed E-state index contributed by atoms with van der Waals surface area (Å²) >= 11 is 1.13. The van der Waals surface area contributed by atoms with E-state index in [2.05, 4.69) is 20.7 Å². The Labute approximate surface area is 324 Å². The number of thiazole rings is 1. The van der Waals surface area contributed by atoms with E-state index in [-0.39, 0.29) is 41.8 Å². The predicted octanol–water partition coefficient (Wildman–Crippen LogP) is 6.48. The van der Waals surface area contributed by atoms with E-state index in [4.69, 9.17) is 4.84 Å². The zero-order valence-corrected chi connectivity index (χ0v) is 33.5. The second kappa shape index (κ2) is 21.1. The fraction of sp³-hybridized carbons (Fsp3) is 0.548. The Balaban J connectivity index is 1.44. The molecular weight excluding hydrogens is 703 g/mol. The molecule has 0 aliphatic carbocycles. The van der Waals surface area contributed by atoms with Gasteiger partial charge < -0.3 is 20.2 Å². The van der Waals surface area contributed by atoms with E-state index in [1.807, 2.05) is 95.4 Å². The van der Waals surface area contributed by atoms with Crippen LogP contribution in [0.25, 0.3) is 0 Å². The number of nitrogens with zero attached hydrogens (tertiary/aromatic N) is 3. The monoisotopic (exact) mass is 761 g/mol. The average Bonchev–Trinajstić information content (AvgIpc) is 3.68. The van der Waals surface area contributed by atoms with Crippen molar-refractivity contribution >= 4 is 35.0 Å². The highest BCUT2D eigenvalue weighted by Crippen LogP contribution is 2.30. The van der Waals surface area contributed by atoms with Crippen LogP contribution in [-0.4, -0.2) is 75.3 Å². The first-order valence-corrected chi connectivity index (χ1v) is 20.3. The molecule has 54 heavy (non-hydrogen) atoms. The minimum Gasteiger partial charge on any atom is -0.386 e. The highest BCUT2D eigenvalue weighted by Gasteiger charge is 2.38. The van der Waals surface area contributed by atoms with Crippen molar-refractivity contribution in [2.45, 2.75) is 117 Å². The quantitative estimate of drug-likeness (QED) is 0.125. The largest absolute Gasteiger partial charge is 0.386 e. The van der Waals surface area contributed by atoms with Crippen molar-refractivity contribution < 1.29 is 29.1 Å². The van der Waals surface area contributed by atoms with E-state index in [1.165, 1.54) is 10.9 Å². The Hall–Kier alpha value is -4.13. The number of amides is 3. The molecule has 12 heteroatoms. The fourth-order valence-corrected chi connectivity index (χ4v) is 7.71. The standard InChI is InChI=1S/C42H59N5O6S/c1-7-29(4)37(44-39(50)34-23-14-15-24-46(34)6)41(51)47(26-32-20-12-9-13-21-32)35(28(2)3)25-36(48)40-43-33(27-54-40)38(49)45-53-42(52)30(5)17-16-22-31-18-10-8-11-19-31/h8-13,18-21,27-30,34-37,48H,7,14-17,22-26H2,1-6H3,(H,44,50)(H,45,49)/t29-,30?,34?,35-,36-,37+/m1/s1. The number of aromatic nitrogens is 1. The summed E-state index contributed by atoms with van der Waals surface area (Å²) in [6.45, 7) is 10.9. The predicted molar refractivity (Wildman–Crippen MR) is 211 cm³/mol. The Kier molecular flexibility index (Phi) is 16.6. The maximum atomic E-state index is 14.7. The Morgan fingerprint density at radius 3 is 2.30 bits per heavy atom. The number of piperidine rings is 1. The molecular formula is C42H59N5O6S. The first-order chi connectivity index (χ1) is 25.9. The van der Waals surface area contributed by atoms with E-state index < -0.39 is 36.0 Å². The van der Waals surface area contributed by atoms with Gasteiger partial charge in [-0.05, 0) is 68.7 Å². The number of aryl methyl sites for hydroxylation is 1. The number of hydrogen-bond acceptors (Lipinski definition) is 9. The molecule has 1 aromatic heterocycles. The molecule has 3 N–H and O–H groups in total. The first kappa shape index (κ1) is 42.6. The van der Waals surface area contributed by atoms with Crippen molar-refractivity contribution in [1.29, 1.82) is 0 Å². The number of rotatable bonds is 18. The average molecular weight is 762 g/mol. The maximum absolute atomic E-state index is 14.7. The van der Waals surface area contributed by atoms with Crippen molar-refractivity contribution in [3.8, 4) is 0 Å². The van der Waals surface area contributed by atoms with Crippen LogP contribution >= 0.6 is 11.3 Å². The second-order valence-electron chi connectivity index (χ2n) is 15.1. The van der Waals surface area contributed by atoms with Gasteiger partial charge in [-0.2, -0.15) is 5.48 Å². The van der Waals surface area contributed by atoms with Gasteiger partial charge in [0, 0.05) is 24.4 Å². The fourth-order valence-electron chi connectivity index (χ4n) is 6.91. The van der Waals surface area contributed by atoms with Gasteiger partial charge in [-0.3, -0.25) is 19.3 Å². The Bertz CT molecular complexity index is 1640. The molecule has 3 amide bonds. The number of hydrogen-bond donors (Lipinski definition) is 3. The topological polar surface area (TPSA) is 141 Å². The summed E-state index contributed by atoms with van der Waals surface area (Å²) < 4.78 is 0. The summed E-state index contributed by atoms with van der Waals surface area (Å²) in [5, 5.41) is 16.5. The van der Waals surface area contributed by atoms with E-state index >= 15 is 0 Å². The number of carbonyl (C=O) groups is 4. The third-order valence-electron chi connectivity index (χ3n) is 10.6. The maximum Gasteiger partial charge on any atom is 0.335 e. The molecule has 1 aliphatic heterocycles. The van der Waals surface area contributed by atoms with Gasteiger partial charge in [-0.15, -0.1) is 11.3 Å². The van der Waals surface area contributed by atoms with Crippen LogP contribution in [-0.2, 0) is 32.2 Å². The van der Waals surface area contributed by atoms with E-state index in [0.29, 0.717) is 24.4 Å². The number of hydroxylamine groups is 1. The van der Waals surface area contributed by atoms with Crippen LogP contribution in [0.2, 0.25) is 0 Å². The molecule has 1 saturated heterocycles. The van der Waals surface area contributed by atoms with Crippen LogP contribution in [0.4, 0.5) is 0 Å². The number of likely N-dealkylation sites (N-methyl/N-ethyl adjacent to an activating group) is 1. The van der Waals surface area contributed by atoms with Crippen LogP contribution < -0.4 is 10.8 Å². The third-order valence-corrected chi connectivity index (χ3v) is 11.5. The molecule has 0 saturated carbocycles. The highest BCUT2D eigenvalue weighted by molar-refractivity contribution is 7.09. The molecule has 1 aliphatic rings. The molecule has 4 rings (SSSR count). The molecule has 0 spiro atoms. The summed E-state index contributed by atoms with van der Waals surface area (Å²) in [6.07, 6.45) is 4.79. The van der Waals surface area contributed by atoms with Crippen molar-refractivity contribution in [2.75, 3.05) is 13.6 Å². The first-order valence-electron chi connectivity index (χ1n) is 19.4. The molecule has 11 nitrogen and oxygen atoms in total. The van der Waals surface area contributed by atoms with E-state index in [0.717, 1.165) is 55.5 Å². The van der Waals surface area contributed by atoms with Crippen LogP contribution in [0.1, 0.15) is 112 Å². The van der Waals surface area contributed by atoms with Crippen molar-refractivity contribution in [3.05, 3.63) is 87.9 Å². The highest BCUT2D eigenvalue weighted by atomic mass is 32.1. The van der Waals surface area contributed by atoms with Gasteiger partial charge in [0.05, 0.1) is 12.0 Å². The molecule has 0 radical (unpaired) electrons. The SMILES string of the molecule is CC[C@@H](C)[C@H](NC(=O)C1CCCCN1C)C(=O)N(Cc1ccccc1)[C@H](C[C@@H](O)c1nc(C(=O)NOC(=O)C(C)CCCc2ccccc2)cs1)C(C)C. The van der Waals surface area contributed by atoms with Crippen molar-refractivity contribution in [3.63, 3.8) is 0 Å². The third kappa shape index (κ3) is 12.2. The minimum absolute atomic E-state index is 0.0177. The van der Waals surface area contributed by atoms with Crippen molar-refractivity contribution in [1.82, 2.24) is 25.6 Å². The summed E-state index contributed by atoms with van der Waals surface area (Å²) in [4.78, 5) is 67.2. The number of benzene rings is 2. The van der Waals surface area contributed by atoms with Gasteiger partial charge in [-0.25, -0.2) is 9.78 Å². The summed E-state index contributed by atoms with van der Waals surface area (Å²) in [5.74, 6) is -2.15. The number of aliphatic hydroxyl groups is 1. The molecule has 0 bridgehead atoms. The molecule has 3 aromatic rings. The minimum atomic E-state index is -1.09. The van der Waals surface area contributed by atoms with Crippen LogP contribution in [0.5, 0.6) is 0 Å². The Morgan fingerprint density at radius 2 is 1.67 bits per heavy atom. The lowest BCUT2D eigenvalue weighted by molar-refractivity contribution is -0.153.